The van der Waals surface area contributed by atoms with E-state index in [9.17, 15) is 0 Å². The number of hydrogen-bond acceptors (Lipinski definition) is 0. The van der Waals surface area contributed by atoms with Crippen LogP contribution >= 0.6 is 0 Å². The lowest BCUT2D eigenvalue weighted by molar-refractivity contribution is -0.0499. The molecule has 0 spiro atoms. The third-order valence-corrected chi connectivity index (χ3v) is 9.68. The maximum atomic E-state index is 4.27. The zero-order chi connectivity index (χ0) is 18.0. The number of hydrogen-bond donors (Lipinski definition) is 0. The van der Waals surface area contributed by atoms with Gasteiger partial charge in [-0.15, -0.1) is 0 Å². The quantitative estimate of drug-likeness (QED) is 0.459. The van der Waals surface area contributed by atoms with Crippen LogP contribution in [-0.4, -0.2) is 0 Å². The summed E-state index contributed by atoms with van der Waals surface area (Å²) in [7, 11) is 0. The molecule has 0 heterocycles. The molecule has 4 aliphatic carbocycles. The molecule has 0 radical (unpaired) electrons. The first kappa shape index (κ1) is 17.9. The van der Waals surface area contributed by atoms with Crippen molar-refractivity contribution >= 4 is 0 Å². The van der Waals surface area contributed by atoms with Gasteiger partial charge in [-0.3, -0.25) is 0 Å². The fourth-order valence-electron chi connectivity index (χ4n) is 8.22. The summed E-state index contributed by atoms with van der Waals surface area (Å²) in [4.78, 5) is 0. The van der Waals surface area contributed by atoms with Gasteiger partial charge < -0.3 is 0 Å². The topological polar surface area (TPSA) is 0 Å². The molecule has 0 N–H and O–H groups in total. The van der Waals surface area contributed by atoms with E-state index in [4.69, 9.17) is 0 Å². The van der Waals surface area contributed by atoms with E-state index in [2.05, 4.69) is 47.3 Å². The van der Waals surface area contributed by atoms with Crippen LogP contribution in [0.5, 0.6) is 0 Å². The SMILES string of the molecule is C=C(C)C1CCC2(C)C(=CCC3C2CCC2(C)C(C(C)C)CCC32)C1. The second-order valence-electron chi connectivity index (χ2n) is 11.0. The van der Waals surface area contributed by atoms with Gasteiger partial charge in [0.15, 0.2) is 0 Å². The molecule has 3 saturated carbocycles. The lowest BCUT2D eigenvalue weighted by Crippen LogP contribution is -2.50. The standard InChI is InChI=1S/C25H40/c1-16(2)18-11-13-24(5)19(15-18)7-8-20-22-10-9-21(17(3)4)25(22,6)14-12-23(20)24/h7,17-18,20-23H,1,8-15H2,2-6H3. The molecule has 0 nitrogen and oxygen atoms in total. The minimum Gasteiger partial charge on any atom is -0.0998 e. The van der Waals surface area contributed by atoms with E-state index in [1.807, 2.05) is 5.57 Å². The van der Waals surface area contributed by atoms with Gasteiger partial charge in [0.1, 0.15) is 0 Å². The number of allylic oxidation sites excluding steroid dienone is 3. The molecule has 4 rings (SSSR count). The summed E-state index contributed by atoms with van der Waals surface area (Å²) >= 11 is 0. The molecule has 4 aliphatic rings. The van der Waals surface area contributed by atoms with Gasteiger partial charge in [0, 0.05) is 0 Å². The monoisotopic (exact) mass is 340 g/mol. The molecule has 7 unspecified atom stereocenters. The fourth-order valence-corrected chi connectivity index (χ4v) is 8.22. The van der Waals surface area contributed by atoms with E-state index in [0.717, 1.165) is 35.5 Å². The highest BCUT2D eigenvalue weighted by Crippen LogP contribution is 2.67. The van der Waals surface area contributed by atoms with Crippen molar-refractivity contribution in [2.24, 2.45) is 46.3 Å². The van der Waals surface area contributed by atoms with Gasteiger partial charge in [-0.25, -0.2) is 0 Å². The Hall–Kier alpha value is -0.520. The van der Waals surface area contributed by atoms with E-state index >= 15 is 0 Å². The van der Waals surface area contributed by atoms with Crippen LogP contribution in [0.25, 0.3) is 0 Å². The molecule has 3 fully saturated rings. The first-order chi connectivity index (χ1) is 11.8. The molecule has 0 bridgehead atoms. The molecule has 7 atom stereocenters. The van der Waals surface area contributed by atoms with Gasteiger partial charge in [-0.1, -0.05) is 51.5 Å². The third-order valence-electron chi connectivity index (χ3n) is 9.68. The van der Waals surface area contributed by atoms with Crippen LogP contribution in [0.15, 0.2) is 23.8 Å². The first-order valence-corrected chi connectivity index (χ1v) is 11.1. The molecule has 25 heavy (non-hydrogen) atoms. The lowest BCUT2D eigenvalue weighted by Gasteiger charge is -2.58. The largest absolute Gasteiger partial charge is 0.0998 e. The summed E-state index contributed by atoms with van der Waals surface area (Å²) in [6.07, 6.45) is 14.2. The van der Waals surface area contributed by atoms with E-state index in [-0.39, 0.29) is 0 Å². The second kappa shape index (κ2) is 6.00. The van der Waals surface area contributed by atoms with Crippen LogP contribution in [-0.2, 0) is 0 Å². The highest BCUT2D eigenvalue weighted by atomic mass is 14.6. The van der Waals surface area contributed by atoms with Crippen molar-refractivity contribution in [3.63, 3.8) is 0 Å². The van der Waals surface area contributed by atoms with Crippen molar-refractivity contribution in [2.45, 2.75) is 86.0 Å². The molecule has 0 aromatic carbocycles. The van der Waals surface area contributed by atoms with Crippen LogP contribution < -0.4 is 0 Å². The zero-order valence-electron chi connectivity index (χ0n) is 17.4. The van der Waals surface area contributed by atoms with Gasteiger partial charge in [-0.2, -0.15) is 0 Å². The number of rotatable bonds is 2. The van der Waals surface area contributed by atoms with Crippen molar-refractivity contribution in [1.29, 1.82) is 0 Å². The lowest BCUT2D eigenvalue weighted by atomic mass is 9.46. The van der Waals surface area contributed by atoms with E-state index in [1.54, 1.807) is 0 Å². The molecule has 0 amide bonds. The predicted molar refractivity (Wildman–Crippen MR) is 108 cm³/mol. The summed E-state index contributed by atoms with van der Waals surface area (Å²) in [5.41, 5.74) is 4.37. The van der Waals surface area contributed by atoms with Gasteiger partial charge in [-0.05, 0) is 105 Å². The fraction of sp³-hybridized carbons (Fsp3) is 0.840. The third kappa shape index (κ3) is 2.53. The smallest absolute Gasteiger partial charge is 0.00849 e. The molecular weight excluding hydrogens is 300 g/mol. The average molecular weight is 341 g/mol. The summed E-state index contributed by atoms with van der Waals surface area (Å²) in [6.45, 7) is 16.8. The van der Waals surface area contributed by atoms with Crippen molar-refractivity contribution in [3.8, 4) is 0 Å². The predicted octanol–water partition coefficient (Wildman–Crippen LogP) is 7.41. The Morgan fingerprint density at radius 1 is 1.08 bits per heavy atom. The van der Waals surface area contributed by atoms with Gasteiger partial charge in [0.05, 0.1) is 0 Å². The van der Waals surface area contributed by atoms with E-state index in [1.165, 1.54) is 56.9 Å². The number of fused-ring (bicyclic) bond motifs is 5. The molecule has 0 heteroatoms. The van der Waals surface area contributed by atoms with Crippen molar-refractivity contribution in [3.05, 3.63) is 23.8 Å². The molecule has 0 aromatic heterocycles. The Balaban J connectivity index is 1.62. The molecule has 0 aromatic rings. The van der Waals surface area contributed by atoms with E-state index in [0.29, 0.717) is 10.8 Å². The van der Waals surface area contributed by atoms with E-state index < -0.39 is 0 Å². The Morgan fingerprint density at radius 2 is 1.84 bits per heavy atom. The van der Waals surface area contributed by atoms with Crippen molar-refractivity contribution < 1.29 is 0 Å². The molecule has 0 saturated heterocycles. The minimum absolute atomic E-state index is 0.506. The summed E-state index contributed by atoms with van der Waals surface area (Å²) in [5.74, 6) is 5.51. The van der Waals surface area contributed by atoms with Gasteiger partial charge in [0.25, 0.3) is 0 Å². The molecular formula is C25H40. The Bertz CT molecular complexity index is 581. The Kier molecular flexibility index (Phi) is 4.29. The Morgan fingerprint density at radius 3 is 2.52 bits per heavy atom. The van der Waals surface area contributed by atoms with Crippen LogP contribution in [0.2, 0.25) is 0 Å². The van der Waals surface area contributed by atoms with Gasteiger partial charge >= 0.3 is 0 Å². The van der Waals surface area contributed by atoms with Crippen LogP contribution in [0.3, 0.4) is 0 Å². The van der Waals surface area contributed by atoms with Gasteiger partial charge in [0.2, 0.25) is 0 Å². The highest BCUT2D eigenvalue weighted by molar-refractivity contribution is 5.27. The average Bonchev–Trinajstić information content (AvgIpc) is 2.91. The van der Waals surface area contributed by atoms with Crippen LogP contribution in [0.4, 0.5) is 0 Å². The zero-order valence-corrected chi connectivity index (χ0v) is 17.4. The normalized spacial score (nSPS) is 49.2. The van der Waals surface area contributed by atoms with Crippen molar-refractivity contribution in [2.75, 3.05) is 0 Å². The molecule has 140 valence electrons. The molecule has 0 aliphatic heterocycles. The second-order valence-corrected chi connectivity index (χ2v) is 11.0. The highest BCUT2D eigenvalue weighted by Gasteiger charge is 2.58. The maximum Gasteiger partial charge on any atom is -0.00849 e. The summed E-state index contributed by atoms with van der Waals surface area (Å²) in [6, 6.07) is 0. The van der Waals surface area contributed by atoms with Crippen LogP contribution in [0, 0.1) is 46.3 Å². The van der Waals surface area contributed by atoms with Crippen LogP contribution in [0.1, 0.15) is 86.0 Å². The first-order valence-electron chi connectivity index (χ1n) is 11.1. The minimum atomic E-state index is 0.506. The maximum absolute atomic E-state index is 4.27. The summed E-state index contributed by atoms with van der Waals surface area (Å²) < 4.78 is 0. The Labute approximate surface area is 156 Å². The van der Waals surface area contributed by atoms with Crippen molar-refractivity contribution in [1.82, 2.24) is 0 Å². The summed E-state index contributed by atoms with van der Waals surface area (Å²) in [5, 5.41) is 0.